The van der Waals surface area contributed by atoms with Gasteiger partial charge >= 0.3 is 7.12 Å². The molecular weight excluding hydrogens is 225 g/mol. The topological polar surface area (TPSA) is 44.5 Å². The molecular formula is C14H22BNO2. The van der Waals surface area contributed by atoms with E-state index in [1.807, 2.05) is 26.0 Å². The Kier molecular flexibility index (Phi) is 2.99. The van der Waals surface area contributed by atoms with Crippen molar-refractivity contribution in [1.29, 1.82) is 0 Å². The van der Waals surface area contributed by atoms with Crippen LogP contribution in [0.3, 0.4) is 0 Å². The average Bonchev–Trinajstić information content (AvgIpc) is 2.45. The molecule has 98 valence electrons. The molecule has 0 radical (unpaired) electrons. The van der Waals surface area contributed by atoms with Crippen LogP contribution < -0.4 is 11.2 Å². The van der Waals surface area contributed by atoms with E-state index in [4.69, 9.17) is 15.0 Å². The van der Waals surface area contributed by atoms with Gasteiger partial charge in [0.2, 0.25) is 0 Å². The van der Waals surface area contributed by atoms with Crippen molar-refractivity contribution >= 4 is 18.3 Å². The number of hydrogen-bond acceptors (Lipinski definition) is 3. The molecule has 0 spiro atoms. The van der Waals surface area contributed by atoms with E-state index in [0.29, 0.717) is 0 Å². The number of benzene rings is 1. The predicted octanol–water partition coefficient (Wildman–Crippen LogP) is 2.18. The molecule has 0 unspecified atom stereocenters. The van der Waals surface area contributed by atoms with Gasteiger partial charge in [0.1, 0.15) is 0 Å². The first-order valence-corrected chi connectivity index (χ1v) is 6.37. The van der Waals surface area contributed by atoms with Gasteiger partial charge in [-0.3, -0.25) is 0 Å². The fourth-order valence-electron chi connectivity index (χ4n) is 2.11. The molecule has 0 bridgehead atoms. The minimum atomic E-state index is -0.335. The van der Waals surface area contributed by atoms with Gasteiger partial charge in [0.15, 0.2) is 0 Å². The molecule has 0 aromatic heterocycles. The summed E-state index contributed by atoms with van der Waals surface area (Å²) in [5.74, 6) is 0. The maximum Gasteiger partial charge on any atom is 0.495 e. The molecule has 1 heterocycles. The van der Waals surface area contributed by atoms with Crippen LogP contribution in [0.25, 0.3) is 0 Å². The third-order valence-electron chi connectivity index (χ3n) is 4.28. The molecule has 0 saturated carbocycles. The maximum atomic E-state index is 6.07. The molecule has 4 heteroatoms. The highest BCUT2D eigenvalue weighted by Gasteiger charge is 2.52. The first-order chi connectivity index (χ1) is 8.16. The van der Waals surface area contributed by atoms with Crippen LogP contribution in [-0.2, 0) is 9.31 Å². The molecule has 18 heavy (non-hydrogen) atoms. The zero-order chi connectivity index (χ0) is 13.7. The van der Waals surface area contributed by atoms with Gasteiger partial charge < -0.3 is 15.0 Å². The molecule has 2 N–H and O–H groups in total. The van der Waals surface area contributed by atoms with Crippen molar-refractivity contribution in [3.05, 3.63) is 23.3 Å². The summed E-state index contributed by atoms with van der Waals surface area (Å²) >= 11 is 0. The quantitative estimate of drug-likeness (QED) is 0.611. The van der Waals surface area contributed by atoms with Crippen molar-refractivity contribution in [2.75, 3.05) is 5.73 Å². The summed E-state index contributed by atoms with van der Waals surface area (Å²) in [4.78, 5) is 0. The lowest BCUT2D eigenvalue weighted by atomic mass is 9.75. The number of nitrogen functional groups attached to an aromatic ring is 1. The van der Waals surface area contributed by atoms with Gasteiger partial charge in [-0.2, -0.15) is 0 Å². The van der Waals surface area contributed by atoms with E-state index in [2.05, 4.69) is 27.7 Å². The molecule has 0 aliphatic carbocycles. The van der Waals surface area contributed by atoms with E-state index in [0.717, 1.165) is 22.3 Å². The number of nitrogens with two attached hydrogens (primary N) is 1. The minimum Gasteiger partial charge on any atom is -0.399 e. The number of anilines is 1. The van der Waals surface area contributed by atoms with Gasteiger partial charge in [-0.05, 0) is 58.1 Å². The van der Waals surface area contributed by atoms with Gasteiger partial charge in [-0.15, -0.1) is 0 Å². The fourth-order valence-corrected chi connectivity index (χ4v) is 2.11. The lowest BCUT2D eigenvalue weighted by Gasteiger charge is -2.32. The molecule has 1 saturated heterocycles. The van der Waals surface area contributed by atoms with Crippen LogP contribution >= 0.6 is 0 Å². The van der Waals surface area contributed by atoms with Crippen LogP contribution in [0.2, 0.25) is 0 Å². The Morgan fingerprint density at radius 3 is 2.00 bits per heavy atom. The van der Waals surface area contributed by atoms with Crippen molar-refractivity contribution in [3.8, 4) is 0 Å². The lowest BCUT2D eigenvalue weighted by molar-refractivity contribution is 0.00578. The Morgan fingerprint density at radius 2 is 1.50 bits per heavy atom. The van der Waals surface area contributed by atoms with Crippen molar-refractivity contribution < 1.29 is 9.31 Å². The molecule has 0 amide bonds. The lowest BCUT2D eigenvalue weighted by Crippen LogP contribution is -2.41. The van der Waals surface area contributed by atoms with Crippen LogP contribution in [0.5, 0.6) is 0 Å². The van der Waals surface area contributed by atoms with E-state index in [9.17, 15) is 0 Å². The number of aryl methyl sites for hydroxylation is 1. The first kappa shape index (κ1) is 13.4. The van der Waals surface area contributed by atoms with Gasteiger partial charge in [-0.25, -0.2) is 0 Å². The van der Waals surface area contributed by atoms with Crippen LogP contribution in [-0.4, -0.2) is 18.3 Å². The standard InChI is InChI=1S/C14H22BNO2/c1-9-7-8-11(10(2)12(9)16)15-17-13(3,4)14(5,6)18-15/h7-8H,16H2,1-6H3. The van der Waals surface area contributed by atoms with E-state index in [1.165, 1.54) is 0 Å². The van der Waals surface area contributed by atoms with Crippen molar-refractivity contribution in [2.45, 2.75) is 52.7 Å². The highest BCUT2D eigenvalue weighted by Crippen LogP contribution is 2.36. The second-order valence-corrected chi connectivity index (χ2v) is 6.10. The Hall–Kier alpha value is -0.995. The summed E-state index contributed by atoms with van der Waals surface area (Å²) in [6, 6.07) is 4.06. The molecule has 1 aromatic carbocycles. The molecule has 1 aromatic rings. The number of hydrogen-bond donors (Lipinski definition) is 1. The van der Waals surface area contributed by atoms with E-state index in [1.54, 1.807) is 0 Å². The monoisotopic (exact) mass is 247 g/mol. The highest BCUT2D eigenvalue weighted by atomic mass is 16.7. The van der Waals surface area contributed by atoms with Crippen LogP contribution in [0.1, 0.15) is 38.8 Å². The summed E-state index contributed by atoms with van der Waals surface area (Å²) < 4.78 is 12.1. The SMILES string of the molecule is Cc1ccc(B2OC(C)(C)C(C)(C)O2)c(C)c1N. The largest absolute Gasteiger partial charge is 0.495 e. The molecule has 2 rings (SSSR count). The molecule has 3 nitrogen and oxygen atoms in total. The van der Waals surface area contributed by atoms with Gasteiger partial charge in [0.25, 0.3) is 0 Å². The van der Waals surface area contributed by atoms with Crippen LogP contribution in [0.15, 0.2) is 12.1 Å². The molecule has 1 fully saturated rings. The summed E-state index contributed by atoms with van der Waals surface area (Å²) in [6.45, 7) is 12.2. The summed E-state index contributed by atoms with van der Waals surface area (Å²) in [6.07, 6.45) is 0. The molecule has 0 atom stereocenters. The van der Waals surface area contributed by atoms with E-state index in [-0.39, 0.29) is 18.3 Å². The van der Waals surface area contributed by atoms with Crippen molar-refractivity contribution in [1.82, 2.24) is 0 Å². The minimum absolute atomic E-state index is 0.316. The second kappa shape index (κ2) is 4.00. The third kappa shape index (κ3) is 1.93. The average molecular weight is 247 g/mol. The van der Waals surface area contributed by atoms with E-state index < -0.39 is 0 Å². The Bertz CT molecular complexity index is 467. The zero-order valence-electron chi connectivity index (χ0n) is 12.1. The predicted molar refractivity (Wildman–Crippen MR) is 76.0 cm³/mol. The van der Waals surface area contributed by atoms with Crippen molar-refractivity contribution in [3.63, 3.8) is 0 Å². The maximum absolute atomic E-state index is 6.07. The smallest absolute Gasteiger partial charge is 0.399 e. The summed E-state index contributed by atoms with van der Waals surface area (Å²) in [5, 5.41) is 0. The van der Waals surface area contributed by atoms with Crippen molar-refractivity contribution in [2.24, 2.45) is 0 Å². The first-order valence-electron chi connectivity index (χ1n) is 6.37. The Labute approximate surface area is 110 Å². The van der Waals surface area contributed by atoms with Gasteiger partial charge in [-0.1, -0.05) is 12.1 Å². The van der Waals surface area contributed by atoms with Crippen LogP contribution in [0.4, 0.5) is 5.69 Å². The second-order valence-electron chi connectivity index (χ2n) is 6.10. The summed E-state index contributed by atoms with van der Waals surface area (Å²) in [5.41, 5.74) is 9.43. The number of rotatable bonds is 1. The van der Waals surface area contributed by atoms with E-state index >= 15 is 0 Å². The highest BCUT2D eigenvalue weighted by molar-refractivity contribution is 6.62. The van der Waals surface area contributed by atoms with Gasteiger partial charge in [0, 0.05) is 5.69 Å². The molecule has 1 aliphatic rings. The van der Waals surface area contributed by atoms with Crippen LogP contribution in [0, 0.1) is 13.8 Å². The normalized spacial score (nSPS) is 21.3. The Balaban J connectivity index is 2.39. The Morgan fingerprint density at radius 1 is 1.00 bits per heavy atom. The fraction of sp³-hybridized carbons (Fsp3) is 0.571. The zero-order valence-corrected chi connectivity index (χ0v) is 12.1. The third-order valence-corrected chi connectivity index (χ3v) is 4.28. The summed E-state index contributed by atoms with van der Waals surface area (Å²) in [7, 11) is -0.335. The molecule has 1 aliphatic heterocycles. The van der Waals surface area contributed by atoms with Gasteiger partial charge in [0.05, 0.1) is 11.2 Å².